The lowest BCUT2D eigenvalue weighted by molar-refractivity contribution is 0.104. The Kier molecular flexibility index (Phi) is 2.93. The molecule has 13 heavy (non-hydrogen) atoms. The summed E-state index contributed by atoms with van der Waals surface area (Å²) in [6.07, 6.45) is 1.57. The van der Waals surface area contributed by atoms with Crippen LogP contribution in [0.2, 0.25) is 5.02 Å². The molecule has 0 aliphatic heterocycles. The van der Waals surface area contributed by atoms with Crippen molar-refractivity contribution in [1.29, 1.82) is 0 Å². The number of allylic oxidation sites excluding steroid dienone is 1. The highest BCUT2D eigenvalue weighted by atomic mass is 35.5. The lowest BCUT2D eigenvalue weighted by Gasteiger charge is -1.99. The Balaban J connectivity index is 3.09. The van der Waals surface area contributed by atoms with E-state index < -0.39 is 5.78 Å². The number of benzene rings is 1. The zero-order chi connectivity index (χ0) is 9.84. The number of phenolic OH excluding ortho intramolecular Hbond substituents is 1. The Hall–Kier alpha value is -1.48. The van der Waals surface area contributed by atoms with E-state index in [0.717, 1.165) is 6.08 Å². The molecule has 0 aliphatic rings. The molecule has 0 atom stereocenters. The maximum atomic E-state index is 11.1. The number of hydrogen-bond donors (Lipinski definition) is 2. The minimum absolute atomic E-state index is 0.106. The molecule has 0 bridgehead atoms. The van der Waals surface area contributed by atoms with E-state index in [1.165, 1.54) is 18.2 Å². The molecule has 68 valence electrons. The van der Waals surface area contributed by atoms with Gasteiger partial charge in [0.2, 0.25) is 0 Å². The first kappa shape index (κ1) is 9.61. The predicted molar refractivity (Wildman–Crippen MR) is 49.2 cm³/mol. The SMILES string of the molecule is O=C(/C=C/O)c1ccc(Cl)cc1O. The fourth-order valence-corrected chi connectivity index (χ4v) is 1.04. The number of rotatable bonds is 2. The minimum Gasteiger partial charge on any atom is -0.515 e. The quantitative estimate of drug-likeness (QED) is 0.436. The van der Waals surface area contributed by atoms with Gasteiger partial charge >= 0.3 is 0 Å². The topological polar surface area (TPSA) is 57.5 Å². The second kappa shape index (κ2) is 3.96. The van der Waals surface area contributed by atoms with Crippen LogP contribution < -0.4 is 0 Å². The molecule has 0 saturated heterocycles. The maximum Gasteiger partial charge on any atom is 0.192 e. The number of hydrogen-bond acceptors (Lipinski definition) is 3. The Bertz CT molecular complexity index is 358. The largest absolute Gasteiger partial charge is 0.515 e. The number of carbonyl (C=O) groups excluding carboxylic acids is 1. The van der Waals surface area contributed by atoms with Gasteiger partial charge in [0.25, 0.3) is 0 Å². The molecule has 0 fully saturated rings. The number of ketones is 1. The third-order valence-corrected chi connectivity index (χ3v) is 1.69. The second-order valence-corrected chi connectivity index (χ2v) is 2.78. The molecular formula is C9H7ClO3. The number of aromatic hydroxyl groups is 1. The van der Waals surface area contributed by atoms with Crippen LogP contribution in [-0.2, 0) is 0 Å². The van der Waals surface area contributed by atoms with Crippen LogP contribution in [0.15, 0.2) is 30.5 Å². The van der Waals surface area contributed by atoms with E-state index in [9.17, 15) is 9.90 Å². The van der Waals surface area contributed by atoms with Crippen molar-refractivity contribution in [3.05, 3.63) is 41.1 Å². The van der Waals surface area contributed by atoms with E-state index in [-0.39, 0.29) is 11.3 Å². The molecule has 0 unspecified atom stereocenters. The average Bonchev–Trinajstić information content (AvgIpc) is 2.04. The number of phenols is 1. The summed E-state index contributed by atoms with van der Waals surface area (Å²) >= 11 is 5.56. The zero-order valence-electron chi connectivity index (χ0n) is 6.57. The summed E-state index contributed by atoms with van der Waals surface area (Å²) in [6.45, 7) is 0. The van der Waals surface area contributed by atoms with Gasteiger partial charge in [-0.1, -0.05) is 11.6 Å². The fourth-order valence-electron chi connectivity index (χ4n) is 0.871. The molecule has 1 rings (SSSR count). The molecule has 1 aromatic carbocycles. The van der Waals surface area contributed by atoms with E-state index >= 15 is 0 Å². The average molecular weight is 199 g/mol. The first-order valence-electron chi connectivity index (χ1n) is 3.48. The van der Waals surface area contributed by atoms with Crippen LogP contribution in [0.25, 0.3) is 0 Å². The summed E-state index contributed by atoms with van der Waals surface area (Å²) in [7, 11) is 0. The summed E-state index contributed by atoms with van der Waals surface area (Å²) in [6, 6.07) is 4.14. The molecular weight excluding hydrogens is 192 g/mol. The third kappa shape index (κ3) is 2.23. The molecule has 0 spiro atoms. The summed E-state index contributed by atoms with van der Waals surface area (Å²) in [5, 5.41) is 18.0. The van der Waals surface area contributed by atoms with E-state index in [0.29, 0.717) is 11.3 Å². The first-order valence-corrected chi connectivity index (χ1v) is 3.86. The van der Waals surface area contributed by atoms with Crippen molar-refractivity contribution in [2.45, 2.75) is 0 Å². The normalized spacial score (nSPS) is 10.5. The van der Waals surface area contributed by atoms with Gasteiger partial charge in [0.1, 0.15) is 5.75 Å². The molecule has 3 nitrogen and oxygen atoms in total. The van der Waals surface area contributed by atoms with Gasteiger partial charge in [-0.3, -0.25) is 4.79 Å². The van der Waals surface area contributed by atoms with Gasteiger partial charge in [0, 0.05) is 11.1 Å². The Morgan fingerprint density at radius 2 is 2.15 bits per heavy atom. The van der Waals surface area contributed by atoms with Crippen molar-refractivity contribution in [2.24, 2.45) is 0 Å². The standard InChI is InChI=1S/C9H7ClO3/c10-6-1-2-7(9(13)5-6)8(12)3-4-11/h1-5,11,13H/b4-3+. The lowest BCUT2D eigenvalue weighted by Crippen LogP contribution is -1.94. The van der Waals surface area contributed by atoms with Gasteiger partial charge in [-0.2, -0.15) is 0 Å². The van der Waals surface area contributed by atoms with Crippen molar-refractivity contribution in [2.75, 3.05) is 0 Å². The van der Waals surface area contributed by atoms with Crippen LogP contribution in [0.5, 0.6) is 5.75 Å². The van der Waals surface area contributed by atoms with Crippen LogP contribution in [-0.4, -0.2) is 16.0 Å². The summed E-state index contributed by atoms with van der Waals surface area (Å²) in [4.78, 5) is 11.1. The Morgan fingerprint density at radius 3 is 2.69 bits per heavy atom. The van der Waals surface area contributed by atoms with Crippen LogP contribution in [0.3, 0.4) is 0 Å². The predicted octanol–water partition coefficient (Wildman–Crippen LogP) is 2.30. The van der Waals surface area contributed by atoms with Crippen LogP contribution in [0, 0.1) is 0 Å². The van der Waals surface area contributed by atoms with E-state index in [4.69, 9.17) is 16.7 Å². The number of carbonyl (C=O) groups is 1. The van der Waals surface area contributed by atoms with E-state index in [1.807, 2.05) is 0 Å². The number of aliphatic hydroxyl groups is 1. The highest BCUT2D eigenvalue weighted by Crippen LogP contribution is 2.22. The fraction of sp³-hybridized carbons (Fsp3) is 0. The van der Waals surface area contributed by atoms with E-state index in [1.54, 1.807) is 0 Å². The summed E-state index contributed by atoms with van der Waals surface area (Å²) < 4.78 is 0. The molecule has 2 N–H and O–H groups in total. The molecule has 4 heteroatoms. The van der Waals surface area contributed by atoms with Crippen LogP contribution >= 0.6 is 11.6 Å². The zero-order valence-corrected chi connectivity index (χ0v) is 7.32. The van der Waals surface area contributed by atoms with Gasteiger partial charge in [0.05, 0.1) is 11.8 Å². The first-order chi connectivity index (χ1) is 6.15. The molecule has 0 aromatic heterocycles. The van der Waals surface area contributed by atoms with Crippen LogP contribution in [0.4, 0.5) is 0 Å². The van der Waals surface area contributed by atoms with Gasteiger partial charge in [-0.05, 0) is 18.2 Å². The highest BCUT2D eigenvalue weighted by Gasteiger charge is 2.07. The van der Waals surface area contributed by atoms with Crippen molar-refractivity contribution >= 4 is 17.4 Å². The number of halogens is 1. The summed E-state index contributed by atoms with van der Waals surface area (Å²) in [5.74, 6) is -0.674. The third-order valence-electron chi connectivity index (χ3n) is 1.45. The van der Waals surface area contributed by atoms with Crippen molar-refractivity contribution in [3.8, 4) is 5.75 Å². The second-order valence-electron chi connectivity index (χ2n) is 2.34. The van der Waals surface area contributed by atoms with E-state index in [2.05, 4.69) is 0 Å². The van der Waals surface area contributed by atoms with Gasteiger partial charge < -0.3 is 10.2 Å². The Morgan fingerprint density at radius 1 is 1.46 bits per heavy atom. The minimum atomic E-state index is -0.475. The monoisotopic (exact) mass is 198 g/mol. The van der Waals surface area contributed by atoms with Gasteiger partial charge in [0.15, 0.2) is 5.78 Å². The van der Waals surface area contributed by atoms with Crippen molar-refractivity contribution in [3.63, 3.8) is 0 Å². The highest BCUT2D eigenvalue weighted by molar-refractivity contribution is 6.31. The Labute approximate surface area is 79.9 Å². The van der Waals surface area contributed by atoms with Gasteiger partial charge in [-0.15, -0.1) is 0 Å². The smallest absolute Gasteiger partial charge is 0.192 e. The molecule has 0 saturated carbocycles. The molecule has 0 heterocycles. The molecule has 0 amide bonds. The van der Waals surface area contributed by atoms with Crippen molar-refractivity contribution in [1.82, 2.24) is 0 Å². The van der Waals surface area contributed by atoms with Gasteiger partial charge in [-0.25, -0.2) is 0 Å². The number of aliphatic hydroxyl groups excluding tert-OH is 1. The molecule has 1 aromatic rings. The lowest BCUT2D eigenvalue weighted by atomic mass is 10.1. The maximum absolute atomic E-state index is 11.1. The molecule has 0 radical (unpaired) electrons. The van der Waals surface area contributed by atoms with Crippen molar-refractivity contribution < 1.29 is 15.0 Å². The molecule has 0 aliphatic carbocycles. The van der Waals surface area contributed by atoms with Crippen LogP contribution in [0.1, 0.15) is 10.4 Å². The summed E-state index contributed by atoms with van der Waals surface area (Å²) in [5.41, 5.74) is 0.106.